The fourth-order valence-electron chi connectivity index (χ4n) is 3.10. The molecule has 1 aliphatic rings. The predicted molar refractivity (Wildman–Crippen MR) is 101 cm³/mol. The van der Waals surface area contributed by atoms with E-state index in [0.717, 1.165) is 41.9 Å². The third-order valence-corrected chi connectivity index (χ3v) is 4.91. The van der Waals surface area contributed by atoms with Gasteiger partial charge >= 0.3 is 0 Å². The van der Waals surface area contributed by atoms with Gasteiger partial charge < -0.3 is 10.2 Å². The van der Waals surface area contributed by atoms with Crippen LogP contribution < -0.4 is 5.32 Å². The summed E-state index contributed by atoms with van der Waals surface area (Å²) >= 11 is 3.43. The maximum atomic E-state index is 12.8. The van der Waals surface area contributed by atoms with Crippen LogP contribution in [0.5, 0.6) is 0 Å². The molecule has 3 rings (SSSR count). The second kappa shape index (κ2) is 8.14. The third-order valence-electron chi connectivity index (χ3n) is 4.38. The highest BCUT2D eigenvalue weighted by molar-refractivity contribution is 9.10. The lowest BCUT2D eigenvalue weighted by Crippen LogP contribution is -2.30. The normalized spacial score (nSPS) is 17.0. The fourth-order valence-corrected chi connectivity index (χ4v) is 3.37. The second-order valence-corrected chi connectivity index (χ2v) is 6.91. The Balaban J connectivity index is 0.00000208. The minimum Gasteiger partial charge on any atom is -0.338 e. The summed E-state index contributed by atoms with van der Waals surface area (Å²) in [6.45, 7) is 4.56. The van der Waals surface area contributed by atoms with Gasteiger partial charge in [-0.25, -0.2) is 4.68 Å². The molecule has 0 aliphatic carbocycles. The zero-order valence-electron chi connectivity index (χ0n) is 13.8. The first-order valence-electron chi connectivity index (χ1n) is 7.84. The first-order valence-corrected chi connectivity index (χ1v) is 8.64. The predicted octanol–water partition coefficient (Wildman–Crippen LogP) is 3.05. The molecule has 1 atom stereocenters. The standard InChI is InChI=1S/C17H21BrN4O.ClH/c1-12-16(17(23)21-8-7-13(11-21)9-19-2)10-20-22(12)15-5-3-14(18)4-6-15;/h3-6,10,13,19H,7-9,11H2,1-2H3;1H. The van der Waals surface area contributed by atoms with E-state index in [1.807, 2.05) is 47.8 Å². The topological polar surface area (TPSA) is 50.2 Å². The number of halogens is 2. The van der Waals surface area contributed by atoms with E-state index in [9.17, 15) is 4.79 Å². The van der Waals surface area contributed by atoms with Crippen LogP contribution >= 0.6 is 28.3 Å². The lowest BCUT2D eigenvalue weighted by molar-refractivity contribution is 0.0786. The number of nitrogens with zero attached hydrogens (tertiary/aromatic N) is 3. The minimum atomic E-state index is 0. The number of amides is 1. The Hall–Kier alpha value is -1.37. The van der Waals surface area contributed by atoms with E-state index < -0.39 is 0 Å². The van der Waals surface area contributed by atoms with Crippen LogP contribution in [-0.2, 0) is 0 Å². The number of hydrogen-bond acceptors (Lipinski definition) is 3. The molecular formula is C17H22BrClN4O. The number of carbonyl (C=O) groups is 1. The number of likely N-dealkylation sites (tertiary alicyclic amines) is 1. The molecule has 1 amide bonds. The molecule has 24 heavy (non-hydrogen) atoms. The molecule has 1 aromatic heterocycles. The van der Waals surface area contributed by atoms with Gasteiger partial charge in [-0.1, -0.05) is 15.9 Å². The van der Waals surface area contributed by atoms with Gasteiger partial charge in [0.15, 0.2) is 0 Å². The van der Waals surface area contributed by atoms with Crippen molar-refractivity contribution in [2.45, 2.75) is 13.3 Å². The van der Waals surface area contributed by atoms with E-state index >= 15 is 0 Å². The van der Waals surface area contributed by atoms with Crippen LogP contribution in [0, 0.1) is 12.8 Å². The first-order chi connectivity index (χ1) is 11.1. The zero-order valence-corrected chi connectivity index (χ0v) is 16.2. The lowest BCUT2D eigenvalue weighted by Gasteiger charge is -2.16. The maximum Gasteiger partial charge on any atom is 0.257 e. The number of nitrogens with one attached hydrogen (secondary N) is 1. The average Bonchev–Trinajstić information content (AvgIpc) is 3.15. The molecule has 1 unspecified atom stereocenters. The summed E-state index contributed by atoms with van der Waals surface area (Å²) in [5.74, 6) is 0.634. The Bertz CT molecular complexity index is 701. The minimum absolute atomic E-state index is 0. The van der Waals surface area contributed by atoms with Gasteiger partial charge in [0.25, 0.3) is 5.91 Å². The summed E-state index contributed by atoms with van der Waals surface area (Å²) in [5.41, 5.74) is 2.53. The van der Waals surface area contributed by atoms with Crippen molar-refractivity contribution < 1.29 is 4.79 Å². The summed E-state index contributed by atoms with van der Waals surface area (Å²) in [7, 11) is 1.96. The molecule has 7 heteroatoms. The molecule has 5 nitrogen and oxygen atoms in total. The van der Waals surface area contributed by atoms with Crippen LogP contribution in [0.15, 0.2) is 34.9 Å². The Morgan fingerprint density at radius 1 is 1.38 bits per heavy atom. The smallest absolute Gasteiger partial charge is 0.257 e. The van der Waals surface area contributed by atoms with E-state index in [1.165, 1.54) is 0 Å². The third kappa shape index (κ3) is 3.82. The molecule has 0 spiro atoms. The van der Waals surface area contributed by atoms with Crippen LogP contribution in [-0.4, -0.2) is 47.3 Å². The van der Waals surface area contributed by atoms with E-state index in [-0.39, 0.29) is 18.3 Å². The van der Waals surface area contributed by atoms with Crippen LogP contribution in [0.25, 0.3) is 5.69 Å². The highest BCUT2D eigenvalue weighted by atomic mass is 79.9. The Kier molecular flexibility index (Phi) is 6.43. The summed E-state index contributed by atoms with van der Waals surface area (Å²) < 4.78 is 2.84. The Morgan fingerprint density at radius 3 is 2.75 bits per heavy atom. The van der Waals surface area contributed by atoms with Gasteiger partial charge in [0, 0.05) is 17.6 Å². The summed E-state index contributed by atoms with van der Waals surface area (Å²) in [4.78, 5) is 14.7. The van der Waals surface area contributed by atoms with Gasteiger partial charge in [0.2, 0.25) is 0 Å². The molecule has 1 saturated heterocycles. The van der Waals surface area contributed by atoms with Crippen molar-refractivity contribution in [2.24, 2.45) is 5.92 Å². The van der Waals surface area contributed by atoms with Crippen LogP contribution in [0.4, 0.5) is 0 Å². The molecule has 2 heterocycles. The van der Waals surface area contributed by atoms with Crippen molar-refractivity contribution in [1.29, 1.82) is 0 Å². The fraction of sp³-hybridized carbons (Fsp3) is 0.412. The molecule has 0 saturated carbocycles. The summed E-state index contributed by atoms with van der Waals surface area (Å²) in [5, 5.41) is 7.60. The van der Waals surface area contributed by atoms with E-state index in [1.54, 1.807) is 6.20 Å². The van der Waals surface area contributed by atoms with Crippen LogP contribution in [0.3, 0.4) is 0 Å². The van der Waals surface area contributed by atoms with Gasteiger partial charge in [-0.3, -0.25) is 4.79 Å². The van der Waals surface area contributed by atoms with Crippen molar-refractivity contribution in [1.82, 2.24) is 20.0 Å². The number of carbonyl (C=O) groups excluding carboxylic acids is 1. The number of rotatable bonds is 4. The molecule has 1 fully saturated rings. The van der Waals surface area contributed by atoms with Crippen molar-refractivity contribution >= 4 is 34.2 Å². The molecular weight excluding hydrogens is 392 g/mol. The van der Waals surface area contributed by atoms with Gasteiger partial charge in [-0.2, -0.15) is 5.10 Å². The van der Waals surface area contributed by atoms with Gasteiger partial charge in [0.05, 0.1) is 23.1 Å². The maximum absolute atomic E-state index is 12.8. The van der Waals surface area contributed by atoms with Gasteiger partial charge in [-0.05, 0) is 57.1 Å². The highest BCUT2D eigenvalue weighted by Gasteiger charge is 2.28. The second-order valence-electron chi connectivity index (χ2n) is 6.00. The monoisotopic (exact) mass is 412 g/mol. The van der Waals surface area contributed by atoms with Crippen LogP contribution in [0.1, 0.15) is 22.5 Å². The Morgan fingerprint density at radius 2 is 2.08 bits per heavy atom. The van der Waals surface area contributed by atoms with Crippen molar-refractivity contribution in [3.05, 3.63) is 46.2 Å². The molecule has 0 bridgehead atoms. The summed E-state index contributed by atoms with van der Waals surface area (Å²) in [6, 6.07) is 7.91. The van der Waals surface area contributed by atoms with E-state index in [2.05, 4.69) is 26.3 Å². The Labute approximate surface area is 157 Å². The quantitative estimate of drug-likeness (QED) is 0.838. The number of hydrogen-bond donors (Lipinski definition) is 1. The summed E-state index contributed by atoms with van der Waals surface area (Å²) in [6.07, 6.45) is 2.75. The van der Waals surface area contributed by atoms with E-state index in [4.69, 9.17) is 0 Å². The molecule has 130 valence electrons. The molecule has 1 N–H and O–H groups in total. The first kappa shape index (κ1) is 19.0. The average molecular weight is 414 g/mol. The van der Waals surface area contributed by atoms with Crippen molar-refractivity contribution in [2.75, 3.05) is 26.7 Å². The highest BCUT2D eigenvalue weighted by Crippen LogP contribution is 2.21. The molecule has 1 aliphatic heterocycles. The zero-order chi connectivity index (χ0) is 16.4. The lowest BCUT2D eigenvalue weighted by atomic mass is 10.1. The van der Waals surface area contributed by atoms with Crippen LogP contribution in [0.2, 0.25) is 0 Å². The van der Waals surface area contributed by atoms with Gasteiger partial charge in [0.1, 0.15) is 0 Å². The molecule has 1 aromatic carbocycles. The van der Waals surface area contributed by atoms with Crippen molar-refractivity contribution in [3.63, 3.8) is 0 Å². The van der Waals surface area contributed by atoms with Gasteiger partial charge in [-0.15, -0.1) is 12.4 Å². The SMILES string of the molecule is CNCC1CCN(C(=O)c2cnn(-c3ccc(Br)cc3)c2C)C1.Cl. The molecule has 2 aromatic rings. The molecule has 0 radical (unpaired) electrons. The largest absolute Gasteiger partial charge is 0.338 e. The number of benzene rings is 1. The van der Waals surface area contributed by atoms with E-state index in [0.29, 0.717) is 11.5 Å². The number of aromatic nitrogens is 2. The van der Waals surface area contributed by atoms with Crippen molar-refractivity contribution in [3.8, 4) is 5.69 Å².